The highest BCUT2D eigenvalue weighted by atomic mass is 35.5. The van der Waals surface area contributed by atoms with E-state index in [0.29, 0.717) is 15.6 Å². The summed E-state index contributed by atoms with van der Waals surface area (Å²) >= 11 is 11.5. The van der Waals surface area contributed by atoms with Crippen molar-refractivity contribution < 1.29 is 12.3 Å². The van der Waals surface area contributed by atoms with E-state index in [-0.39, 0.29) is 6.42 Å². The van der Waals surface area contributed by atoms with Gasteiger partial charge in [-0.1, -0.05) is 29.3 Å². The molecule has 0 aliphatic carbocycles. The summed E-state index contributed by atoms with van der Waals surface area (Å²) in [5, 5.41) is 0.697. The van der Waals surface area contributed by atoms with Gasteiger partial charge in [-0.25, -0.2) is 0 Å². The average Bonchev–Trinajstić information content (AvgIpc) is 2.01. The molecule has 0 aromatic heterocycles. The van der Waals surface area contributed by atoms with Crippen molar-refractivity contribution >= 4 is 33.4 Å². The number of rotatable bonds is 3. The van der Waals surface area contributed by atoms with E-state index in [1.54, 1.807) is 18.2 Å². The zero-order valence-electron chi connectivity index (χ0n) is 7.00. The Morgan fingerprint density at radius 3 is 2.14 bits per heavy atom. The molecule has 1 aromatic rings. The molecule has 0 spiro atoms. The molecule has 2 nitrogen and oxygen atoms in total. The predicted octanol–water partition coefficient (Wildman–Crippen LogP) is 2.84. The molecule has 0 fully saturated rings. The Morgan fingerprint density at radius 2 is 1.71 bits per heavy atom. The quantitative estimate of drug-likeness (QED) is 0.780. The van der Waals surface area contributed by atoms with Crippen molar-refractivity contribution in [1.82, 2.24) is 0 Å². The fraction of sp³-hybridized carbons (Fsp3) is 0.250. The van der Waals surface area contributed by atoms with Crippen LogP contribution in [0, 0.1) is 0 Å². The summed E-state index contributed by atoms with van der Waals surface area (Å²) in [6, 6.07) is 4.79. The van der Waals surface area contributed by atoms with Gasteiger partial charge in [0.2, 0.25) is 0 Å². The Morgan fingerprint density at radius 1 is 1.21 bits per heavy atom. The fourth-order valence-electron chi connectivity index (χ4n) is 0.995. The first-order chi connectivity index (χ1) is 6.40. The van der Waals surface area contributed by atoms with Gasteiger partial charge in [0, 0.05) is 10.0 Å². The van der Waals surface area contributed by atoms with E-state index >= 15 is 0 Å². The van der Waals surface area contributed by atoms with Crippen LogP contribution in [0.3, 0.4) is 0 Å². The van der Waals surface area contributed by atoms with Crippen molar-refractivity contribution in [3.8, 4) is 0 Å². The molecule has 0 saturated heterocycles. The van der Waals surface area contributed by atoms with Crippen LogP contribution in [0.25, 0.3) is 0 Å². The van der Waals surface area contributed by atoms with E-state index in [1.807, 2.05) is 0 Å². The fourth-order valence-corrected chi connectivity index (χ4v) is 2.03. The lowest BCUT2D eigenvalue weighted by Gasteiger charge is -2.04. The first-order valence-electron chi connectivity index (χ1n) is 3.75. The third kappa shape index (κ3) is 3.44. The van der Waals surface area contributed by atoms with E-state index in [0.717, 1.165) is 0 Å². The van der Waals surface area contributed by atoms with Crippen molar-refractivity contribution in [3.63, 3.8) is 0 Å². The van der Waals surface area contributed by atoms with Gasteiger partial charge in [-0.15, -0.1) is 3.89 Å². The largest absolute Gasteiger partial charge is 0.302 e. The van der Waals surface area contributed by atoms with Gasteiger partial charge in [0.05, 0.1) is 5.75 Å². The maximum absolute atomic E-state index is 12.2. The second-order valence-electron chi connectivity index (χ2n) is 2.69. The minimum absolute atomic E-state index is 0.0165. The minimum Gasteiger partial charge on any atom is -0.195 e. The molecule has 0 radical (unpaired) electrons. The summed E-state index contributed by atoms with van der Waals surface area (Å²) in [5.41, 5.74) is 0.456. The van der Waals surface area contributed by atoms with Gasteiger partial charge >= 0.3 is 10.2 Å². The highest BCUT2D eigenvalue weighted by molar-refractivity contribution is 7.86. The zero-order chi connectivity index (χ0) is 10.8. The molecule has 0 N–H and O–H groups in total. The van der Waals surface area contributed by atoms with Gasteiger partial charge < -0.3 is 0 Å². The normalized spacial score (nSPS) is 11.6. The molecule has 0 unspecified atom stereocenters. The van der Waals surface area contributed by atoms with Crippen molar-refractivity contribution in [2.75, 3.05) is 5.75 Å². The van der Waals surface area contributed by atoms with Crippen LogP contribution in [0.1, 0.15) is 5.56 Å². The maximum atomic E-state index is 12.2. The molecule has 1 aromatic carbocycles. The van der Waals surface area contributed by atoms with Crippen LogP contribution < -0.4 is 0 Å². The third-order valence-electron chi connectivity index (χ3n) is 1.66. The second kappa shape index (κ2) is 4.47. The molecule has 0 aliphatic rings. The second-order valence-corrected chi connectivity index (χ2v) is 4.99. The van der Waals surface area contributed by atoms with Gasteiger partial charge in [0.15, 0.2) is 0 Å². The highest BCUT2D eigenvalue weighted by Crippen LogP contribution is 2.24. The van der Waals surface area contributed by atoms with Gasteiger partial charge in [-0.05, 0) is 24.1 Å². The number of benzene rings is 1. The Bertz CT molecular complexity index is 411. The van der Waals surface area contributed by atoms with E-state index in [9.17, 15) is 12.3 Å². The van der Waals surface area contributed by atoms with E-state index in [1.165, 1.54) is 0 Å². The zero-order valence-corrected chi connectivity index (χ0v) is 9.33. The summed E-state index contributed by atoms with van der Waals surface area (Å²) in [5.74, 6) is -0.601. The van der Waals surface area contributed by atoms with Crippen LogP contribution in [-0.4, -0.2) is 14.2 Å². The standard InChI is InChI=1S/C8H7Cl2FO2S/c9-7-2-1-3-8(10)6(7)4-5-14(11,12)13/h1-3H,4-5H2. The minimum atomic E-state index is -4.47. The Labute approximate surface area is 91.9 Å². The maximum Gasteiger partial charge on any atom is 0.302 e. The Hall–Kier alpha value is -0.320. The van der Waals surface area contributed by atoms with Crippen molar-refractivity contribution in [2.45, 2.75) is 6.42 Å². The van der Waals surface area contributed by atoms with Crippen molar-refractivity contribution in [3.05, 3.63) is 33.8 Å². The topological polar surface area (TPSA) is 34.1 Å². The molecule has 0 aliphatic heterocycles. The molecule has 0 bridgehead atoms. The predicted molar refractivity (Wildman–Crippen MR) is 55.1 cm³/mol. The van der Waals surface area contributed by atoms with Crippen molar-refractivity contribution in [2.24, 2.45) is 0 Å². The van der Waals surface area contributed by atoms with Crippen LogP contribution >= 0.6 is 23.2 Å². The third-order valence-corrected chi connectivity index (χ3v) is 3.06. The number of hydrogen-bond acceptors (Lipinski definition) is 2. The molecule has 0 heterocycles. The molecular weight excluding hydrogens is 250 g/mol. The molecule has 14 heavy (non-hydrogen) atoms. The molecule has 1 rings (SSSR count). The number of halogens is 3. The molecule has 0 atom stereocenters. The Balaban J connectivity index is 2.87. The van der Waals surface area contributed by atoms with Gasteiger partial charge in [-0.2, -0.15) is 8.42 Å². The van der Waals surface area contributed by atoms with Gasteiger partial charge in [0.1, 0.15) is 0 Å². The van der Waals surface area contributed by atoms with Gasteiger partial charge in [-0.3, -0.25) is 0 Å². The van der Waals surface area contributed by atoms with E-state index < -0.39 is 16.0 Å². The summed E-state index contributed by atoms with van der Waals surface area (Å²) < 4.78 is 32.8. The van der Waals surface area contributed by atoms with Crippen LogP contribution in [0.2, 0.25) is 10.0 Å². The lowest BCUT2D eigenvalue weighted by atomic mass is 10.2. The Kier molecular flexibility index (Phi) is 3.75. The monoisotopic (exact) mass is 256 g/mol. The molecular formula is C8H7Cl2FO2S. The molecule has 0 amide bonds. The highest BCUT2D eigenvalue weighted by Gasteiger charge is 2.11. The van der Waals surface area contributed by atoms with Crippen LogP contribution in [0.15, 0.2) is 18.2 Å². The SMILES string of the molecule is O=S(=O)(F)CCc1c(Cl)cccc1Cl. The first kappa shape index (κ1) is 11.8. The molecule has 78 valence electrons. The summed E-state index contributed by atoms with van der Waals surface area (Å²) in [7, 11) is -4.47. The van der Waals surface area contributed by atoms with Crippen LogP contribution in [0.4, 0.5) is 3.89 Å². The van der Waals surface area contributed by atoms with Gasteiger partial charge in [0.25, 0.3) is 0 Å². The summed E-state index contributed by atoms with van der Waals surface area (Å²) in [4.78, 5) is 0. The van der Waals surface area contributed by atoms with Crippen molar-refractivity contribution in [1.29, 1.82) is 0 Å². The van der Waals surface area contributed by atoms with E-state index in [4.69, 9.17) is 23.2 Å². The lowest BCUT2D eigenvalue weighted by Crippen LogP contribution is -2.02. The van der Waals surface area contributed by atoms with Crippen LogP contribution in [0.5, 0.6) is 0 Å². The summed E-state index contributed by atoms with van der Waals surface area (Å²) in [6.07, 6.45) is -0.0165. The summed E-state index contributed by atoms with van der Waals surface area (Å²) in [6.45, 7) is 0. The lowest BCUT2D eigenvalue weighted by molar-refractivity contribution is 0.551. The molecule has 6 heteroatoms. The van der Waals surface area contributed by atoms with Crippen LogP contribution in [-0.2, 0) is 16.6 Å². The first-order valence-corrected chi connectivity index (χ1v) is 6.06. The smallest absolute Gasteiger partial charge is 0.195 e. The molecule has 0 saturated carbocycles. The average molecular weight is 257 g/mol. The number of hydrogen-bond donors (Lipinski definition) is 0. The van der Waals surface area contributed by atoms with E-state index in [2.05, 4.69) is 0 Å².